The Morgan fingerprint density at radius 3 is 2.96 bits per heavy atom. The first-order valence-electron chi connectivity index (χ1n) is 8.70. The van der Waals surface area contributed by atoms with Crippen LogP contribution in [0.15, 0.2) is 0 Å². The Kier molecular flexibility index (Phi) is 5.30. The summed E-state index contributed by atoms with van der Waals surface area (Å²) in [5.74, 6) is 0.194. The third-order valence-electron chi connectivity index (χ3n) is 4.78. The molecule has 23 heavy (non-hydrogen) atoms. The van der Waals surface area contributed by atoms with E-state index in [4.69, 9.17) is 4.98 Å². The van der Waals surface area contributed by atoms with Gasteiger partial charge in [-0.2, -0.15) is 0 Å². The van der Waals surface area contributed by atoms with E-state index >= 15 is 0 Å². The number of carbonyl (C=O) groups is 2. The molecule has 2 amide bonds. The molecule has 0 spiro atoms. The smallest absolute Gasteiger partial charge is 0.224 e. The van der Waals surface area contributed by atoms with E-state index in [2.05, 4.69) is 5.32 Å². The van der Waals surface area contributed by atoms with Crippen LogP contribution in [0.25, 0.3) is 0 Å². The van der Waals surface area contributed by atoms with Crippen molar-refractivity contribution in [3.8, 4) is 0 Å². The molecule has 0 unspecified atom stereocenters. The zero-order chi connectivity index (χ0) is 16.2. The number of aryl methyl sites for hydroxylation is 2. The number of hydrogen-bond acceptors (Lipinski definition) is 4. The van der Waals surface area contributed by atoms with Gasteiger partial charge in [0.05, 0.1) is 16.6 Å². The van der Waals surface area contributed by atoms with Crippen molar-refractivity contribution in [1.29, 1.82) is 0 Å². The lowest BCUT2D eigenvalue weighted by Gasteiger charge is -2.30. The maximum atomic E-state index is 12.3. The van der Waals surface area contributed by atoms with Crippen LogP contribution in [0.1, 0.15) is 48.2 Å². The molecule has 1 atom stereocenters. The highest BCUT2D eigenvalue weighted by Gasteiger charge is 2.29. The van der Waals surface area contributed by atoms with E-state index in [9.17, 15) is 9.59 Å². The monoisotopic (exact) mass is 335 g/mol. The van der Waals surface area contributed by atoms with E-state index in [1.54, 1.807) is 4.90 Å². The van der Waals surface area contributed by atoms with Gasteiger partial charge in [-0.25, -0.2) is 4.98 Å². The highest BCUT2D eigenvalue weighted by atomic mass is 32.1. The SMILES string of the molecule is CCN1C[C@@H](C(=O)NCCc2nc3c(s2)CCCC3)CCC1=O. The normalized spacial score (nSPS) is 21.2. The molecular weight excluding hydrogens is 310 g/mol. The number of hydrogen-bond donors (Lipinski definition) is 1. The minimum absolute atomic E-state index is 0.0582. The fourth-order valence-corrected chi connectivity index (χ4v) is 4.54. The van der Waals surface area contributed by atoms with Crippen LogP contribution in [0.4, 0.5) is 0 Å². The first kappa shape index (κ1) is 16.4. The van der Waals surface area contributed by atoms with Gasteiger partial charge < -0.3 is 10.2 Å². The number of nitrogens with zero attached hydrogens (tertiary/aromatic N) is 2. The fourth-order valence-electron chi connectivity index (χ4n) is 3.38. The molecule has 2 aliphatic rings. The summed E-state index contributed by atoms with van der Waals surface area (Å²) in [5.41, 5.74) is 1.28. The molecule has 0 saturated carbocycles. The number of carbonyl (C=O) groups excluding carboxylic acids is 2. The van der Waals surface area contributed by atoms with Crippen LogP contribution in [0, 0.1) is 5.92 Å². The lowest BCUT2D eigenvalue weighted by molar-refractivity contribution is -0.138. The van der Waals surface area contributed by atoms with Crippen molar-refractivity contribution in [3.05, 3.63) is 15.6 Å². The molecule has 1 aliphatic carbocycles. The number of nitrogens with one attached hydrogen (secondary N) is 1. The molecule has 1 aliphatic heterocycles. The zero-order valence-corrected chi connectivity index (χ0v) is 14.6. The maximum absolute atomic E-state index is 12.3. The lowest BCUT2D eigenvalue weighted by Crippen LogP contribution is -2.45. The molecule has 3 rings (SSSR count). The molecule has 1 aromatic rings. The zero-order valence-electron chi connectivity index (χ0n) is 13.8. The third kappa shape index (κ3) is 3.91. The quantitative estimate of drug-likeness (QED) is 0.894. The second-order valence-corrected chi connectivity index (χ2v) is 7.56. The van der Waals surface area contributed by atoms with E-state index in [1.165, 1.54) is 29.8 Å². The molecule has 1 fully saturated rings. The van der Waals surface area contributed by atoms with Gasteiger partial charge in [-0.05, 0) is 39.0 Å². The summed E-state index contributed by atoms with van der Waals surface area (Å²) in [5, 5.41) is 4.18. The Morgan fingerprint density at radius 1 is 1.35 bits per heavy atom. The van der Waals surface area contributed by atoms with Gasteiger partial charge in [-0.1, -0.05) is 0 Å². The fraction of sp³-hybridized carbons (Fsp3) is 0.706. The number of aromatic nitrogens is 1. The topological polar surface area (TPSA) is 62.3 Å². The van der Waals surface area contributed by atoms with Crippen molar-refractivity contribution in [2.75, 3.05) is 19.6 Å². The first-order chi connectivity index (χ1) is 11.2. The second-order valence-electron chi connectivity index (χ2n) is 6.39. The molecule has 6 heteroatoms. The van der Waals surface area contributed by atoms with Crippen LogP contribution in [-0.4, -0.2) is 41.3 Å². The van der Waals surface area contributed by atoms with Gasteiger partial charge in [0.25, 0.3) is 0 Å². The summed E-state index contributed by atoms with van der Waals surface area (Å²) in [6.45, 7) is 3.85. The van der Waals surface area contributed by atoms with Crippen molar-refractivity contribution in [2.45, 2.75) is 51.9 Å². The van der Waals surface area contributed by atoms with Crippen LogP contribution < -0.4 is 5.32 Å². The number of piperidine rings is 1. The molecule has 1 saturated heterocycles. The van der Waals surface area contributed by atoms with E-state index in [-0.39, 0.29) is 17.7 Å². The molecule has 5 nitrogen and oxygen atoms in total. The van der Waals surface area contributed by atoms with Crippen LogP contribution >= 0.6 is 11.3 Å². The molecule has 2 heterocycles. The van der Waals surface area contributed by atoms with E-state index in [0.717, 1.165) is 17.8 Å². The number of fused-ring (bicyclic) bond motifs is 1. The summed E-state index contributed by atoms with van der Waals surface area (Å²) in [6.07, 6.45) is 6.79. The largest absolute Gasteiger partial charge is 0.355 e. The van der Waals surface area contributed by atoms with Gasteiger partial charge in [0, 0.05) is 37.4 Å². The maximum Gasteiger partial charge on any atom is 0.224 e. The Bertz CT molecular complexity index is 561. The van der Waals surface area contributed by atoms with Gasteiger partial charge in [0.15, 0.2) is 0 Å². The predicted molar refractivity (Wildman–Crippen MR) is 90.4 cm³/mol. The summed E-state index contributed by atoms with van der Waals surface area (Å²) in [7, 11) is 0. The predicted octanol–water partition coefficient (Wildman–Crippen LogP) is 1.94. The van der Waals surface area contributed by atoms with Crippen molar-refractivity contribution in [2.24, 2.45) is 5.92 Å². The van der Waals surface area contributed by atoms with Crippen LogP contribution in [0.2, 0.25) is 0 Å². The second kappa shape index (κ2) is 7.43. The molecule has 0 radical (unpaired) electrons. The molecule has 1 N–H and O–H groups in total. The van der Waals surface area contributed by atoms with Crippen LogP contribution in [0.3, 0.4) is 0 Å². The van der Waals surface area contributed by atoms with Gasteiger partial charge in [0.1, 0.15) is 0 Å². The van der Waals surface area contributed by atoms with E-state index in [0.29, 0.717) is 32.5 Å². The molecule has 1 aromatic heterocycles. The molecule has 0 bridgehead atoms. The van der Waals surface area contributed by atoms with Crippen molar-refractivity contribution >= 4 is 23.2 Å². The number of thiazole rings is 1. The summed E-state index contributed by atoms with van der Waals surface area (Å²) < 4.78 is 0. The number of amides is 2. The van der Waals surface area contributed by atoms with Gasteiger partial charge in [-0.3, -0.25) is 9.59 Å². The molecule has 126 valence electrons. The number of likely N-dealkylation sites (tertiary alicyclic amines) is 1. The van der Waals surface area contributed by atoms with Crippen LogP contribution in [-0.2, 0) is 28.9 Å². The number of rotatable bonds is 5. The minimum atomic E-state index is -0.0582. The van der Waals surface area contributed by atoms with Gasteiger partial charge in [-0.15, -0.1) is 11.3 Å². The molecule has 0 aromatic carbocycles. The minimum Gasteiger partial charge on any atom is -0.355 e. The average Bonchev–Trinajstić information content (AvgIpc) is 2.97. The lowest BCUT2D eigenvalue weighted by atomic mass is 9.96. The summed E-state index contributed by atoms with van der Waals surface area (Å²) in [6, 6.07) is 0. The summed E-state index contributed by atoms with van der Waals surface area (Å²) >= 11 is 1.81. The van der Waals surface area contributed by atoms with E-state index < -0.39 is 0 Å². The van der Waals surface area contributed by atoms with Crippen molar-refractivity contribution in [1.82, 2.24) is 15.2 Å². The summed E-state index contributed by atoms with van der Waals surface area (Å²) in [4.78, 5) is 31.9. The van der Waals surface area contributed by atoms with Crippen LogP contribution in [0.5, 0.6) is 0 Å². The highest BCUT2D eigenvalue weighted by molar-refractivity contribution is 7.11. The van der Waals surface area contributed by atoms with E-state index in [1.807, 2.05) is 18.3 Å². The van der Waals surface area contributed by atoms with Crippen molar-refractivity contribution in [3.63, 3.8) is 0 Å². The molecular formula is C17H25N3O2S. The highest BCUT2D eigenvalue weighted by Crippen LogP contribution is 2.26. The Balaban J connectivity index is 1.46. The average molecular weight is 335 g/mol. The standard InChI is InChI=1S/C17H25N3O2S/c1-2-20-11-12(7-8-16(20)21)17(22)18-10-9-15-19-13-5-3-4-6-14(13)23-15/h12H,2-11H2,1H3,(H,18,22)/t12-/m0/s1. The third-order valence-corrected chi connectivity index (χ3v) is 6.00. The first-order valence-corrected chi connectivity index (χ1v) is 9.52. The van der Waals surface area contributed by atoms with Gasteiger partial charge in [0.2, 0.25) is 11.8 Å². The Labute approximate surface area is 141 Å². The Morgan fingerprint density at radius 2 is 2.17 bits per heavy atom. The van der Waals surface area contributed by atoms with Crippen molar-refractivity contribution < 1.29 is 9.59 Å². The van der Waals surface area contributed by atoms with Gasteiger partial charge >= 0.3 is 0 Å². The Hall–Kier alpha value is -1.43.